The van der Waals surface area contributed by atoms with Crippen molar-refractivity contribution in [1.82, 2.24) is 0 Å². The van der Waals surface area contributed by atoms with Crippen molar-refractivity contribution in [3.63, 3.8) is 0 Å². The molecule has 0 aliphatic rings. The van der Waals surface area contributed by atoms with Crippen LogP contribution >= 0.6 is 0 Å². The van der Waals surface area contributed by atoms with Gasteiger partial charge in [-0.15, -0.1) is 0 Å². The molecule has 0 atom stereocenters. The lowest BCUT2D eigenvalue weighted by Gasteiger charge is -2.10. The van der Waals surface area contributed by atoms with E-state index in [4.69, 9.17) is 4.74 Å². The average molecular weight is 208 g/mol. The summed E-state index contributed by atoms with van der Waals surface area (Å²) >= 11 is 0. The summed E-state index contributed by atoms with van der Waals surface area (Å²) in [6, 6.07) is 3.71. The first kappa shape index (κ1) is 11.2. The fourth-order valence-corrected chi connectivity index (χ4v) is 1.49. The number of carbonyl (C=O) groups excluding carboxylic acids is 2. The standard InChI is InChI=1S/C11H12O4/c1-8-3-9(2)11(15-7-13)10(4-8)5-14-6-12/h3-4,6-7H,5H2,1-2H3. The first-order chi connectivity index (χ1) is 7.19. The maximum Gasteiger partial charge on any atom is 0.298 e. The number of hydrogen-bond acceptors (Lipinski definition) is 4. The van der Waals surface area contributed by atoms with Crippen LogP contribution in [0.15, 0.2) is 12.1 Å². The fourth-order valence-electron chi connectivity index (χ4n) is 1.49. The summed E-state index contributed by atoms with van der Waals surface area (Å²) in [5, 5.41) is 0. The molecule has 0 fully saturated rings. The van der Waals surface area contributed by atoms with Crippen LogP contribution in [0.5, 0.6) is 5.75 Å². The summed E-state index contributed by atoms with van der Waals surface area (Å²) in [7, 11) is 0. The van der Waals surface area contributed by atoms with Gasteiger partial charge in [0, 0.05) is 5.56 Å². The van der Waals surface area contributed by atoms with Gasteiger partial charge in [-0.2, -0.15) is 0 Å². The molecular weight excluding hydrogens is 196 g/mol. The van der Waals surface area contributed by atoms with Crippen molar-refractivity contribution in [1.29, 1.82) is 0 Å². The highest BCUT2D eigenvalue weighted by Crippen LogP contribution is 2.25. The van der Waals surface area contributed by atoms with Crippen molar-refractivity contribution >= 4 is 12.9 Å². The molecule has 15 heavy (non-hydrogen) atoms. The Hall–Kier alpha value is -1.84. The summed E-state index contributed by atoms with van der Waals surface area (Å²) in [5.74, 6) is 0.456. The van der Waals surface area contributed by atoms with Crippen LogP contribution in [0, 0.1) is 13.8 Å². The number of hydrogen-bond donors (Lipinski definition) is 0. The third-order valence-electron chi connectivity index (χ3n) is 1.97. The van der Waals surface area contributed by atoms with Crippen LogP contribution in [0.1, 0.15) is 16.7 Å². The summed E-state index contributed by atoms with van der Waals surface area (Å²) in [4.78, 5) is 20.4. The maximum absolute atomic E-state index is 10.3. The molecule has 0 bridgehead atoms. The molecule has 1 aromatic carbocycles. The largest absolute Gasteiger partial charge is 0.463 e. The van der Waals surface area contributed by atoms with Crippen LogP contribution < -0.4 is 4.74 Å². The van der Waals surface area contributed by atoms with E-state index in [1.807, 2.05) is 26.0 Å². The normalized spacial score (nSPS) is 9.47. The number of carbonyl (C=O) groups is 2. The number of rotatable bonds is 5. The predicted molar refractivity (Wildman–Crippen MR) is 53.5 cm³/mol. The Labute approximate surface area is 87.8 Å². The smallest absolute Gasteiger partial charge is 0.298 e. The second-order valence-electron chi connectivity index (χ2n) is 3.19. The fraction of sp³-hybridized carbons (Fsp3) is 0.273. The molecule has 0 unspecified atom stereocenters. The molecule has 0 saturated carbocycles. The molecule has 0 aliphatic carbocycles. The summed E-state index contributed by atoms with van der Waals surface area (Å²) < 4.78 is 9.48. The highest BCUT2D eigenvalue weighted by molar-refractivity contribution is 5.52. The summed E-state index contributed by atoms with van der Waals surface area (Å²) in [5.41, 5.74) is 2.55. The van der Waals surface area contributed by atoms with Gasteiger partial charge in [0.15, 0.2) is 0 Å². The van der Waals surface area contributed by atoms with Gasteiger partial charge < -0.3 is 9.47 Å². The second kappa shape index (κ2) is 5.14. The van der Waals surface area contributed by atoms with Crippen LogP contribution in [-0.2, 0) is 20.9 Å². The van der Waals surface area contributed by atoms with Crippen LogP contribution in [0.3, 0.4) is 0 Å². The molecule has 0 saturated heterocycles. The van der Waals surface area contributed by atoms with Gasteiger partial charge >= 0.3 is 0 Å². The van der Waals surface area contributed by atoms with E-state index < -0.39 is 0 Å². The molecule has 0 N–H and O–H groups in total. The number of ether oxygens (including phenoxy) is 2. The van der Waals surface area contributed by atoms with Crippen molar-refractivity contribution in [2.45, 2.75) is 20.5 Å². The van der Waals surface area contributed by atoms with Gasteiger partial charge in [-0.1, -0.05) is 11.6 Å². The van der Waals surface area contributed by atoms with E-state index in [-0.39, 0.29) is 6.61 Å². The Morgan fingerprint density at radius 1 is 1.20 bits per heavy atom. The van der Waals surface area contributed by atoms with E-state index >= 15 is 0 Å². The van der Waals surface area contributed by atoms with Gasteiger partial charge in [0.25, 0.3) is 12.9 Å². The quantitative estimate of drug-likeness (QED) is 0.688. The number of aryl methyl sites for hydroxylation is 2. The Morgan fingerprint density at radius 3 is 2.53 bits per heavy atom. The molecule has 80 valence electrons. The molecular formula is C11H12O4. The Morgan fingerprint density at radius 2 is 1.93 bits per heavy atom. The first-order valence-electron chi connectivity index (χ1n) is 4.44. The highest BCUT2D eigenvalue weighted by Gasteiger charge is 2.08. The number of benzene rings is 1. The third kappa shape index (κ3) is 2.80. The van der Waals surface area contributed by atoms with Crippen molar-refractivity contribution in [3.05, 3.63) is 28.8 Å². The molecule has 4 nitrogen and oxygen atoms in total. The molecule has 0 spiro atoms. The van der Waals surface area contributed by atoms with Gasteiger partial charge in [-0.3, -0.25) is 9.59 Å². The topological polar surface area (TPSA) is 52.6 Å². The van der Waals surface area contributed by atoms with Gasteiger partial charge in [-0.25, -0.2) is 0 Å². The Kier molecular flexibility index (Phi) is 3.85. The zero-order valence-corrected chi connectivity index (χ0v) is 8.65. The Balaban J connectivity index is 3.07. The van der Waals surface area contributed by atoms with Crippen molar-refractivity contribution in [2.24, 2.45) is 0 Å². The van der Waals surface area contributed by atoms with Crippen LogP contribution in [0.25, 0.3) is 0 Å². The lowest BCUT2D eigenvalue weighted by Crippen LogP contribution is -2.00. The van der Waals surface area contributed by atoms with E-state index in [9.17, 15) is 9.59 Å². The second-order valence-corrected chi connectivity index (χ2v) is 3.19. The van der Waals surface area contributed by atoms with Crippen molar-refractivity contribution in [2.75, 3.05) is 0 Å². The SMILES string of the molecule is Cc1cc(C)c(OC=O)c(COC=O)c1. The van der Waals surface area contributed by atoms with E-state index in [0.29, 0.717) is 24.3 Å². The molecule has 0 aliphatic heterocycles. The van der Waals surface area contributed by atoms with Gasteiger partial charge in [0.05, 0.1) is 0 Å². The molecule has 0 heterocycles. The Bertz CT molecular complexity index is 371. The predicted octanol–water partition coefficient (Wildman–Crippen LogP) is 1.51. The lowest BCUT2D eigenvalue weighted by molar-refractivity contribution is -0.129. The van der Waals surface area contributed by atoms with Crippen LogP contribution in [0.2, 0.25) is 0 Å². The van der Waals surface area contributed by atoms with E-state index in [2.05, 4.69) is 4.74 Å². The zero-order valence-electron chi connectivity index (χ0n) is 8.65. The van der Waals surface area contributed by atoms with Crippen molar-refractivity contribution < 1.29 is 19.1 Å². The van der Waals surface area contributed by atoms with Crippen LogP contribution in [0.4, 0.5) is 0 Å². The molecule has 1 rings (SSSR count). The minimum absolute atomic E-state index is 0.106. The van der Waals surface area contributed by atoms with Gasteiger partial charge in [0.2, 0.25) is 0 Å². The minimum Gasteiger partial charge on any atom is -0.463 e. The molecule has 0 amide bonds. The van der Waals surface area contributed by atoms with E-state index in [1.54, 1.807) is 0 Å². The third-order valence-corrected chi connectivity index (χ3v) is 1.97. The molecule has 0 aromatic heterocycles. The van der Waals surface area contributed by atoms with E-state index in [0.717, 1.165) is 11.1 Å². The monoisotopic (exact) mass is 208 g/mol. The zero-order chi connectivity index (χ0) is 11.3. The minimum atomic E-state index is 0.106. The van der Waals surface area contributed by atoms with Crippen molar-refractivity contribution in [3.8, 4) is 5.75 Å². The first-order valence-corrected chi connectivity index (χ1v) is 4.44. The lowest BCUT2D eigenvalue weighted by atomic mass is 10.1. The summed E-state index contributed by atoms with van der Waals surface area (Å²) in [6.45, 7) is 4.58. The highest BCUT2D eigenvalue weighted by atomic mass is 16.5. The summed E-state index contributed by atoms with van der Waals surface area (Å²) in [6.07, 6.45) is 0. The average Bonchev–Trinajstić information content (AvgIpc) is 2.19. The molecule has 1 aromatic rings. The molecule has 4 heteroatoms. The van der Waals surface area contributed by atoms with Gasteiger partial charge in [0.1, 0.15) is 12.4 Å². The maximum atomic E-state index is 10.3. The van der Waals surface area contributed by atoms with E-state index in [1.165, 1.54) is 0 Å². The molecule has 0 radical (unpaired) electrons. The van der Waals surface area contributed by atoms with Crippen LogP contribution in [-0.4, -0.2) is 12.9 Å². The van der Waals surface area contributed by atoms with Gasteiger partial charge in [-0.05, 0) is 25.5 Å².